The third kappa shape index (κ3) is 7.54. The monoisotopic (exact) mass is 328 g/mol. The molecular formula is C16H32N4O3. The van der Waals surface area contributed by atoms with E-state index >= 15 is 0 Å². The molecule has 0 aliphatic carbocycles. The fourth-order valence-corrected chi connectivity index (χ4v) is 2.62. The van der Waals surface area contributed by atoms with Gasteiger partial charge in [-0.25, -0.2) is 9.59 Å². The van der Waals surface area contributed by atoms with Crippen LogP contribution in [0.25, 0.3) is 0 Å². The van der Waals surface area contributed by atoms with Crippen molar-refractivity contribution in [3.63, 3.8) is 0 Å². The lowest BCUT2D eigenvalue weighted by atomic mass is 10.0. The Bertz CT molecular complexity index is 401. The van der Waals surface area contributed by atoms with Crippen molar-refractivity contribution in [1.29, 1.82) is 0 Å². The van der Waals surface area contributed by atoms with Crippen LogP contribution in [0, 0.1) is 5.92 Å². The molecule has 0 bridgehead atoms. The summed E-state index contributed by atoms with van der Waals surface area (Å²) < 4.78 is 5.35. The van der Waals surface area contributed by atoms with E-state index in [0.717, 1.165) is 19.4 Å². The molecule has 3 amide bonds. The molecule has 1 unspecified atom stereocenters. The van der Waals surface area contributed by atoms with E-state index in [1.807, 2.05) is 20.8 Å². The Balaban J connectivity index is 2.25. The second-order valence-corrected chi connectivity index (χ2v) is 7.47. The average molecular weight is 328 g/mol. The lowest BCUT2D eigenvalue weighted by molar-refractivity contribution is 0.0276. The molecule has 0 spiro atoms. The average Bonchev–Trinajstić information content (AvgIpc) is 2.43. The highest BCUT2D eigenvalue weighted by atomic mass is 16.6. The van der Waals surface area contributed by atoms with E-state index in [9.17, 15) is 9.59 Å². The van der Waals surface area contributed by atoms with Gasteiger partial charge in [0.2, 0.25) is 0 Å². The Kier molecular flexibility index (Phi) is 7.12. The van der Waals surface area contributed by atoms with Crippen LogP contribution in [0.15, 0.2) is 0 Å². The van der Waals surface area contributed by atoms with Crippen LogP contribution in [-0.4, -0.2) is 66.8 Å². The van der Waals surface area contributed by atoms with Crippen molar-refractivity contribution in [3.8, 4) is 0 Å². The molecule has 0 aromatic rings. The van der Waals surface area contributed by atoms with Gasteiger partial charge in [0.25, 0.3) is 0 Å². The summed E-state index contributed by atoms with van der Waals surface area (Å²) in [5.74, 6) is 0.321. The minimum atomic E-state index is -0.471. The van der Waals surface area contributed by atoms with Gasteiger partial charge in [0.15, 0.2) is 0 Å². The number of ether oxygens (including phenoxy) is 1. The van der Waals surface area contributed by atoms with Crippen LogP contribution in [-0.2, 0) is 4.74 Å². The van der Waals surface area contributed by atoms with Gasteiger partial charge in [0.1, 0.15) is 5.60 Å². The van der Waals surface area contributed by atoms with Gasteiger partial charge in [-0.05, 0) is 46.1 Å². The van der Waals surface area contributed by atoms with E-state index < -0.39 is 5.60 Å². The van der Waals surface area contributed by atoms with Crippen molar-refractivity contribution >= 4 is 12.1 Å². The van der Waals surface area contributed by atoms with E-state index in [-0.39, 0.29) is 12.1 Å². The highest BCUT2D eigenvalue weighted by Crippen LogP contribution is 2.12. The molecule has 1 aliphatic heterocycles. The molecule has 1 aliphatic rings. The topological polar surface area (TPSA) is 87.9 Å². The first kappa shape index (κ1) is 19.5. The summed E-state index contributed by atoms with van der Waals surface area (Å²) in [4.78, 5) is 26.3. The predicted molar refractivity (Wildman–Crippen MR) is 90.2 cm³/mol. The summed E-state index contributed by atoms with van der Waals surface area (Å²) in [5.41, 5.74) is 4.81. The Morgan fingerprint density at radius 1 is 1.35 bits per heavy atom. The lowest BCUT2D eigenvalue weighted by Gasteiger charge is -2.32. The Morgan fingerprint density at radius 2 is 1.91 bits per heavy atom. The lowest BCUT2D eigenvalue weighted by Crippen LogP contribution is -2.48. The molecule has 7 heteroatoms. The molecule has 134 valence electrons. The molecule has 0 radical (unpaired) electrons. The van der Waals surface area contributed by atoms with Gasteiger partial charge in [-0.1, -0.05) is 6.92 Å². The summed E-state index contributed by atoms with van der Waals surface area (Å²) in [6, 6.07) is 0.0655. The number of hydrogen-bond donors (Lipinski definition) is 2. The van der Waals surface area contributed by atoms with Crippen LogP contribution in [0.2, 0.25) is 0 Å². The molecule has 1 rings (SSSR count). The Morgan fingerprint density at radius 3 is 2.39 bits per heavy atom. The van der Waals surface area contributed by atoms with Gasteiger partial charge < -0.3 is 25.6 Å². The van der Waals surface area contributed by atoms with E-state index in [2.05, 4.69) is 12.2 Å². The minimum absolute atomic E-state index is 0.292. The predicted octanol–water partition coefficient (Wildman–Crippen LogP) is 1.62. The zero-order chi connectivity index (χ0) is 17.6. The van der Waals surface area contributed by atoms with E-state index in [0.29, 0.717) is 31.6 Å². The smallest absolute Gasteiger partial charge is 0.410 e. The molecule has 7 nitrogen and oxygen atoms in total. The fourth-order valence-electron chi connectivity index (χ4n) is 2.62. The summed E-state index contributed by atoms with van der Waals surface area (Å²) in [7, 11) is 1.76. The quantitative estimate of drug-likeness (QED) is 0.803. The molecule has 0 aromatic heterocycles. The van der Waals surface area contributed by atoms with E-state index in [1.165, 1.54) is 0 Å². The third-order valence-corrected chi connectivity index (χ3v) is 3.85. The SMILES string of the molecule is CC(CNC1CCN(C(N)=O)CC1)CN(C)C(=O)OC(C)(C)C. The largest absolute Gasteiger partial charge is 0.444 e. The third-order valence-electron chi connectivity index (χ3n) is 3.85. The fraction of sp³-hybridized carbons (Fsp3) is 0.875. The van der Waals surface area contributed by atoms with Crippen LogP contribution in [0.4, 0.5) is 9.59 Å². The van der Waals surface area contributed by atoms with Crippen molar-refractivity contribution in [1.82, 2.24) is 15.1 Å². The van der Waals surface area contributed by atoms with Gasteiger partial charge in [-0.15, -0.1) is 0 Å². The zero-order valence-electron chi connectivity index (χ0n) is 15.1. The van der Waals surface area contributed by atoms with E-state index in [4.69, 9.17) is 10.5 Å². The van der Waals surface area contributed by atoms with Gasteiger partial charge in [0, 0.05) is 32.7 Å². The molecule has 1 atom stereocenters. The maximum atomic E-state index is 11.9. The molecule has 0 aromatic carbocycles. The second kappa shape index (κ2) is 8.38. The van der Waals surface area contributed by atoms with Gasteiger partial charge >= 0.3 is 12.1 Å². The highest BCUT2D eigenvalue weighted by Gasteiger charge is 2.23. The standard InChI is InChI=1S/C16H32N4O3/c1-12(11-19(5)15(22)23-16(2,3)4)10-18-13-6-8-20(9-7-13)14(17)21/h12-13,18H,6-11H2,1-5H3,(H2,17,21). The normalized spacial score (nSPS) is 17.7. The molecule has 3 N–H and O–H groups in total. The maximum Gasteiger partial charge on any atom is 0.410 e. The summed E-state index contributed by atoms with van der Waals surface area (Å²) in [6.07, 6.45) is 1.54. The highest BCUT2D eigenvalue weighted by molar-refractivity contribution is 5.72. The first-order valence-electron chi connectivity index (χ1n) is 8.30. The number of nitrogens with two attached hydrogens (primary N) is 1. The number of nitrogens with one attached hydrogen (secondary N) is 1. The van der Waals surface area contributed by atoms with Crippen molar-refractivity contribution in [2.24, 2.45) is 11.7 Å². The number of carbonyl (C=O) groups is 2. The number of piperidine rings is 1. The summed E-state index contributed by atoms with van der Waals surface area (Å²) >= 11 is 0. The zero-order valence-corrected chi connectivity index (χ0v) is 15.1. The van der Waals surface area contributed by atoms with Crippen LogP contribution in [0.3, 0.4) is 0 Å². The summed E-state index contributed by atoms with van der Waals surface area (Å²) in [6.45, 7) is 10.6. The number of rotatable bonds is 5. The molecule has 1 saturated heterocycles. The number of carbonyl (C=O) groups excluding carboxylic acids is 2. The van der Waals surface area contributed by atoms with Gasteiger partial charge in [-0.2, -0.15) is 0 Å². The minimum Gasteiger partial charge on any atom is -0.444 e. The molecule has 1 fully saturated rings. The number of hydrogen-bond acceptors (Lipinski definition) is 4. The number of amides is 3. The maximum absolute atomic E-state index is 11.9. The molecule has 1 heterocycles. The van der Waals surface area contributed by atoms with Crippen molar-refractivity contribution < 1.29 is 14.3 Å². The van der Waals surface area contributed by atoms with Crippen LogP contribution < -0.4 is 11.1 Å². The molecular weight excluding hydrogens is 296 g/mol. The number of nitrogens with zero attached hydrogens (tertiary/aromatic N) is 2. The van der Waals surface area contributed by atoms with Gasteiger partial charge in [0.05, 0.1) is 0 Å². The van der Waals surface area contributed by atoms with Crippen molar-refractivity contribution in [2.75, 3.05) is 33.2 Å². The van der Waals surface area contributed by atoms with Crippen molar-refractivity contribution in [3.05, 3.63) is 0 Å². The number of urea groups is 1. The van der Waals surface area contributed by atoms with Crippen LogP contribution >= 0.6 is 0 Å². The Hall–Kier alpha value is -1.50. The summed E-state index contributed by atoms with van der Waals surface area (Å²) in [5, 5.41) is 3.52. The van der Waals surface area contributed by atoms with Crippen LogP contribution in [0.5, 0.6) is 0 Å². The number of likely N-dealkylation sites (tertiary alicyclic amines) is 1. The van der Waals surface area contributed by atoms with Gasteiger partial charge in [-0.3, -0.25) is 0 Å². The van der Waals surface area contributed by atoms with Crippen molar-refractivity contribution in [2.45, 2.75) is 52.2 Å². The van der Waals surface area contributed by atoms with E-state index in [1.54, 1.807) is 16.8 Å². The van der Waals surface area contributed by atoms with Crippen LogP contribution in [0.1, 0.15) is 40.5 Å². The number of primary amides is 1. The molecule has 23 heavy (non-hydrogen) atoms. The second-order valence-electron chi connectivity index (χ2n) is 7.47. The first-order chi connectivity index (χ1) is 10.6. The first-order valence-corrected chi connectivity index (χ1v) is 8.30. The molecule has 0 saturated carbocycles. The Labute approximate surface area is 139 Å².